The molecule has 108 valence electrons. The van der Waals surface area contributed by atoms with Crippen molar-refractivity contribution < 1.29 is 13.2 Å². The highest BCUT2D eigenvalue weighted by Crippen LogP contribution is 2.35. The van der Waals surface area contributed by atoms with Gasteiger partial charge in [-0.3, -0.25) is 0 Å². The molecule has 2 rings (SSSR count). The van der Waals surface area contributed by atoms with Crippen LogP contribution in [-0.2, 0) is 0 Å². The van der Waals surface area contributed by atoms with Crippen molar-refractivity contribution in [2.45, 2.75) is 24.2 Å². The molecular weight excluding hydrogens is 289 g/mol. The van der Waals surface area contributed by atoms with E-state index in [0.29, 0.717) is 16.5 Å². The highest BCUT2D eigenvalue weighted by Gasteiger charge is 2.41. The number of aromatic nitrogens is 2. The van der Waals surface area contributed by atoms with Crippen LogP contribution in [0.15, 0.2) is 11.4 Å². The Morgan fingerprint density at radius 3 is 2.55 bits per heavy atom. The second-order valence-corrected chi connectivity index (χ2v) is 5.28. The molecule has 8 heteroatoms. The Balaban J connectivity index is 2.16. The van der Waals surface area contributed by atoms with E-state index in [-0.39, 0.29) is 25.9 Å². The molecule has 4 nitrogen and oxygen atoms in total. The van der Waals surface area contributed by atoms with Crippen LogP contribution in [0.2, 0.25) is 0 Å². The summed E-state index contributed by atoms with van der Waals surface area (Å²) in [4.78, 5) is 9.99. The van der Waals surface area contributed by atoms with Crippen LogP contribution in [0.3, 0.4) is 0 Å². The molecular formula is C12H13F3N4S. The first-order valence-corrected chi connectivity index (χ1v) is 7.31. The summed E-state index contributed by atoms with van der Waals surface area (Å²) in [6, 6.07) is 1.99. The van der Waals surface area contributed by atoms with Gasteiger partial charge in [0.15, 0.2) is 11.0 Å². The van der Waals surface area contributed by atoms with Gasteiger partial charge in [-0.05, 0) is 19.1 Å². The molecule has 1 aromatic heterocycles. The number of thioether (sulfide) groups is 1. The minimum absolute atomic E-state index is 0.0347. The third-order valence-electron chi connectivity index (χ3n) is 3.31. The average molecular weight is 302 g/mol. The van der Waals surface area contributed by atoms with Gasteiger partial charge in [0, 0.05) is 13.1 Å². The van der Waals surface area contributed by atoms with E-state index < -0.39 is 12.1 Å². The zero-order valence-corrected chi connectivity index (χ0v) is 11.6. The number of hydrogen-bond acceptors (Lipinski definition) is 5. The first-order valence-electron chi connectivity index (χ1n) is 6.08. The molecule has 0 spiro atoms. The summed E-state index contributed by atoms with van der Waals surface area (Å²) in [7, 11) is 0. The lowest BCUT2D eigenvalue weighted by molar-refractivity contribution is -0.179. The standard InChI is InChI=1S/C12H13F3N4S/c1-20-11-17-7-8(6-16)10(18-11)19-4-2-9(3-5-19)12(13,14)15/h7,9H,2-5H2,1H3. The summed E-state index contributed by atoms with van der Waals surface area (Å²) in [5.74, 6) is -0.821. The molecule has 1 aliphatic rings. The molecule has 0 unspecified atom stereocenters. The van der Waals surface area contributed by atoms with Gasteiger partial charge < -0.3 is 4.90 Å². The molecule has 0 bridgehead atoms. The van der Waals surface area contributed by atoms with Crippen molar-refractivity contribution in [1.82, 2.24) is 9.97 Å². The van der Waals surface area contributed by atoms with Crippen molar-refractivity contribution in [3.05, 3.63) is 11.8 Å². The van der Waals surface area contributed by atoms with Crippen LogP contribution in [0.25, 0.3) is 0 Å². The van der Waals surface area contributed by atoms with Gasteiger partial charge in [0.2, 0.25) is 0 Å². The van der Waals surface area contributed by atoms with Crippen LogP contribution in [0.4, 0.5) is 19.0 Å². The van der Waals surface area contributed by atoms with Gasteiger partial charge in [-0.15, -0.1) is 0 Å². The Bertz CT molecular complexity index is 518. The average Bonchev–Trinajstić information content (AvgIpc) is 2.45. The maximum Gasteiger partial charge on any atom is 0.391 e. The van der Waals surface area contributed by atoms with Gasteiger partial charge in [-0.2, -0.15) is 18.4 Å². The zero-order valence-electron chi connectivity index (χ0n) is 10.8. The van der Waals surface area contributed by atoms with Crippen LogP contribution >= 0.6 is 11.8 Å². The largest absolute Gasteiger partial charge is 0.391 e. The lowest BCUT2D eigenvalue weighted by Gasteiger charge is -2.33. The van der Waals surface area contributed by atoms with Gasteiger partial charge >= 0.3 is 6.18 Å². The summed E-state index contributed by atoms with van der Waals surface area (Å²) in [6.45, 7) is 0.507. The molecule has 0 amide bonds. The topological polar surface area (TPSA) is 52.8 Å². The van der Waals surface area contributed by atoms with Gasteiger partial charge in [0.1, 0.15) is 11.6 Å². The van der Waals surface area contributed by atoms with E-state index in [4.69, 9.17) is 5.26 Å². The van der Waals surface area contributed by atoms with Gasteiger partial charge in [0.05, 0.1) is 12.1 Å². The molecule has 1 saturated heterocycles. The van der Waals surface area contributed by atoms with E-state index in [1.165, 1.54) is 18.0 Å². The van der Waals surface area contributed by atoms with E-state index in [9.17, 15) is 13.2 Å². The molecule has 0 aliphatic carbocycles. The Labute approximate surface area is 119 Å². The molecule has 1 fully saturated rings. The highest BCUT2D eigenvalue weighted by molar-refractivity contribution is 7.98. The number of nitrogens with zero attached hydrogens (tertiary/aromatic N) is 4. The zero-order chi connectivity index (χ0) is 14.8. The number of halogens is 3. The summed E-state index contributed by atoms with van der Waals surface area (Å²) < 4.78 is 37.9. The smallest absolute Gasteiger partial charge is 0.355 e. The number of hydrogen-bond donors (Lipinski definition) is 0. The highest BCUT2D eigenvalue weighted by atomic mass is 32.2. The maximum atomic E-state index is 12.6. The maximum absolute atomic E-state index is 12.6. The summed E-state index contributed by atoms with van der Waals surface area (Å²) in [5.41, 5.74) is 0.299. The van der Waals surface area contributed by atoms with Crippen molar-refractivity contribution in [3.63, 3.8) is 0 Å². The third-order valence-corrected chi connectivity index (χ3v) is 3.87. The van der Waals surface area contributed by atoms with Crippen LogP contribution in [-0.4, -0.2) is 35.5 Å². The first kappa shape index (κ1) is 14.9. The summed E-state index contributed by atoms with van der Waals surface area (Å²) in [5, 5.41) is 9.56. The molecule has 0 radical (unpaired) electrons. The third kappa shape index (κ3) is 3.15. The Hall–Kier alpha value is -1.49. The number of anilines is 1. The second-order valence-electron chi connectivity index (χ2n) is 4.51. The predicted octanol–water partition coefficient (Wildman–Crippen LogP) is 2.85. The van der Waals surface area contributed by atoms with Crippen molar-refractivity contribution in [2.75, 3.05) is 24.2 Å². The minimum atomic E-state index is -4.14. The van der Waals surface area contributed by atoms with E-state index >= 15 is 0 Å². The van der Waals surface area contributed by atoms with Crippen molar-refractivity contribution >= 4 is 17.6 Å². The molecule has 1 aromatic rings. The molecule has 0 saturated carbocycles. The Kier molecular flexibility index (Phi) is 4.38. The minimum Gasteiger partial charge on any atom is -0.355 e. The fraction of sp³-hybridized carbons (Fsp3) is 0.583. The van der Waals surface area contributed by atoms with Crippen LogP contribution in [0.1, 0.15) is 18.4 Å². The first-order chi connectivity index (χ1) is 9.45. The van der Waals surface area contributed by atoms with Crippen molar-refractivity contribution in [1.29, 1.82) is 5.26 Å². The second kappa shape index (κ2) is 5.87. The van der Waals surface area contributed by atoms with Crippen molar-refractivity contribution in [3.8, 4) is 6.07 Å². The van der Waals surface area contributed by atoms with Gasteiger partial charge in [-0.25, -0.2) is 9.97 Å². The molecule has 2 heterocycles. The number of alkyl halides is 3. The molecule has 0 atom stereocenters. The lowest BCUT2D eigenvalue weighted by Crippen LogP contribution is -2.39. The normalized spacial score (nSPS) is 17.1. The quantitative estimate of drug-likeness (QED) is 0.621. The van der Waals surface area contributed by atoms with E-state index in [2.05, 4.69) is 9.97 Å². The molecule has 0 aromatic carbocycles. The van der Waals surface area contributed by atoms with E-state index in [1.807, 2.05) is 6.07 Å². The Morgan fingerprint density at radius 1 is 1.40 bits per heavy atom. The Morgan fingerprint density at radius 2 is 2.05 bits per heavy atom. The van der Waals surface area contributed by atoms with Crippen molar-refractivity contribution in [2.24, 2.45) is 5.92 Å². The number of nitriles is 1. The summed E-state index contributed by atoms with van der Waals surface area (Å²) >= 11 is 1.33. The number of rotatable bonds is 2. The fourth-order valence-corrected chi connectivity index (χ4v) is 2.53. The molecule has 0 N–H and O–H groups in total. The monoisotopic (exact) mass is 302 g/mol. The lowest BCUT2D eigenvalue weighted by atomic mass is 9.96. The molecule has 1 aliphatic heterocycles. The summed E-state index contributed by atoms with van der Waals surface area (Å²) in [6.07, 6.45) is -0.842. The predicted molar refractivity (Wildman–Crippen MR) is 69.5 cm³/mol. The van der Waals surface area contributed by atoms with E-state index in [0.717, 1.165) is 0 Å². The van der Waals surface area contributed by atoms with Gasteiger partial charge in [0.25, 0.3) is 0 Å². The van der Waals surface area contributed by atoms with Crippen LogP contribution in [0.5, 0.6) is 0 Å². The van der Waals surface area contributed by atoms with Crippen LogP contribution < -0.4 is 4.90 Å². The fourth-order valence-electron chi connectivity index (χ4n) is 2.19. The van der Waals surface area contributed by atoms with Gasteiger partial charge in [-0.1, -0.05) is 11.8 Å². The van der Waals surface area contributed by atoms with E-state index in [1.54, 1.807) is 11.2 Å². The molecule has 20 heavy (non-hydrogen) atoms. The SMILES string of the molecule is CSc1ncc(C#N)c(N2CCC(C(F)(F)F)CC2)n1. The van der Waals surface area contributed by atoms with Crippen LogP contribution in [0, 0.1) is 17.2 Å². The number of piperidine rings is 1.